The van der Waals surface area contributed by atoms with Crippen molar-refractivity contribution >= 4 is 48.5 Å². The minimum Gasteiger partial charge on any atom is -0.432 e. The largest absolute Gasteiger partial charge is 0.510 e. The van der Waals surface area contributed by atoms with Crippen molar-refractivity contribution < 1.29 is 65.3 Å². The summed E-state index contributed by atoms with van der Waals surface area (Å²) in [6.45, 7) is 3.84. The van der Waals surface area contributed by atoms with Crippen LogP contribution in [0.5, 0.6) is 0 Å². The van der Waals surface area contributed by atoms with Crippen molar-refractivity contribution in [2.45, 2.75) is 102 Å². The molecule has 2 fully saturated rings. The molecule has 5 rings (SSSR count). The van der Waals surface area contributed by atoms with Crippen LogP contribution in [0.1, 0.15) is 81.4 Å². The number of benzene rings is 1. The van der Waals surface area contributed by atoms with Crippen LogP contribution in [0.25, 0.3) is 10.9 Å². The molecular weight excluding hydrogens is 765 g/mol. The summed E-state index contributed by atoms with van der Waals surface area (Å²) in [4.78, 5) is 68.4. The number of alkyl halides is 2. The third kappa shape index (κ3) is 10.2. The number of H-pyrrole nitrogens is 2. The fraction of sp³-hybridized carbons (Fsp3) is 0.543. The Morgan fingerprint density at radius 3 is 2.29 bits per heavy atom. The Balaban J connectivity index is 1.28. The van der Waals surface area contributed by atoms with Gasteiger partial charge in [-0.3, -0.25) is 33.1 Å². The number of carbonyl (C=O) groups excluding carboxylic acids is 5. The van der Waals surface area contributed by atoms with Gasteiger partial charge in [-0.25, -0.2) is 9.59 Å². The Bertz CT molecular complexity index is 1890. The monoisotopic (exact) mass is 810 g/mol. The predicted molar refractivity (Wildman–Crippen MR) is 191 cm³/mol. The standard InChI is InChI=1S/C35H45F2N6O12P/c1-20(2)54-33(47)50-18-52-56(49,53-19-51-34(48)55-21(3)4)35(36,37)24-8-10-26-23(14-24)15-28(41-26)30(44)42-27-7-5-6-25-9-11-29(43(25)32(27)46)31(45)38-13-12-22-16-39-40-17-22/h8,10,14-17,20-21,25,27,29,41H,5-7,9,11-13,18-19H2,1-4H3,(H,38,45)(H,39,40)(H,42,44)/t25?,27-,29-/m0/s1. The highest BCUT2D eigenvalue weighted by Crippen LogP contribution is 2.67. The molecule has 306 valence electrons. The maximum Gasteiger partial charge on any atom is 0.510 e. The Labute approximate surface area is 320 Å². The number of aromatic nitrogens is 3. The quantitative estimate of drug-likeness (QED) is 0.0829. The molecule has 1 aromatic carbocycles. The van der Waals surface area contributed by atoms with E-state index >= 15 is 8.78 Å². The van der Waals surface area contributed by atoms with Crippen molar-refractivity contribution in [3.63, 3.8) is 0 Å². The predicted octanol–water partition coefficient (Wildman–Crippen LogP) is 5.21. The molecule has 2 aromatic heterocycles. The number of rotatable bonds is 16. The Hall–Kier alpha value is -5.07. The minimum atomic E-state index is -5.65. The molecule has 3 atom stereocenters. The Morgan fingerprint density at radius 2 is 1.66 bits per heavy atom. The van der Waals surface area contributed by atoms with Gasteiger partial charge in [0, 0.05) is 35.2 Å². The van der Waals surface area contributed by atoms with Crippen molar-refractivity contribution in [1.82, 2.24) is 30.7 Å². The molecule has 4 heterocycles. The highest BCUT2D eigenvalue weighted by Gasteiger charge is 2.56. The average molecular weight is 811 g/mol. The second-order valence-electron chi connectivity index (χ2n) is 13.7. The molecule has 0 bridgehead atoms. The number of halogens is 2. The molecule has 0 aliphatic carbocycles. The van der Waals surface area contributed by atoms with Crippen molar-refractivity contribution in [2.75, 3.05) is 20.1 Å². The van der Waals surface area contributed by atoms with Crippen LogP contribution in [0.2, 0.25) is 0 Å². The van der Waals surface area contributed by atoms with Gasteiger partial charge in [-0.2, -0.15) is 13.9 Å². The van der Waals surface area contributed by atoms with E-state index in [1.165, 1.54) is 39.8 Å². The number of nitrogens with zero attached hydrogens (tertiary/aromatic N) is 2. The summed E-state index contributed by atoms with van der Waals surface area (Å²) in [5, 5.41) is 12.3. The molecule has 0 spiro atoms. The summed E-state index contributed by atoms with van der Waals surface area (Å²) >= 11 is 0. The van der Waals surface area contributed by atoms with Crippen LogP contribution in [-0.2, 0) is 54.2 Å². The second kappa shape index (κ2) is 18.3. The summed E-state index contributed by atoms with van der Waals surface area (Å²) < 4.78 is 74.1. The third-order valence-electron chi connectivity index (χ3n) is 8.98. The molecule has 21 heteroatoms. The lowest BCUT2D eigenvalue weighted by molar-refractivity contribution is -0.141. The Kier molecular flexibility index (Phi) is 13.7. The zero-order valence-corrected chi connectivity index (χ0v) is 32.1. The van der Waals surface area contributed by atoms with Crippen LogP contribution in [0.15, 0.2) is 36.7 Å². The van der Waals surface area contributed by atoms with Crippen LogP contribution in [-0.4, -0.2) is 101 Å². The first kappa shape index (κ1) is 42.1. The van der Waals surface area contributed by atoms with Gasteiger partial charge in [0.25, 0.3) is 5.91 Å². The first-order valence-electron chi connectivity index (χ1n) is 18.0. The van der Waals surface area contributed by atoms with Gasteiger partial charge in [0.1, 0.15) is 17.8 Å². The number of fused-ring (bicyclic) bond motifs is 2. The molecule has 2 aliphatic heterocycles. The summed E-state index contributed by atoms with van der Waals surface area (Å²) in [6, 6.07) is 2.53. The number of hydrogen-bond donors (Lipinski definition) is 4. The van der Waals surface area contributed by atoms with Crippen LogP contribution < -0.4 is 10.6 Å². The lowest BCUT2D eigenvalue weighted by Gasteiger charge is -2.30. The van der Waals surface area contributed by atoms with E-state index in [9.17, 15) is 28.5 Å². The molecule has 0 radical (unpaired) electrons. The van der Waals surface area contributed by atoms with Crippen molar-refractivity contribution in [2.24, 2.45) is 0 Å². The number of nitrogens with one attached hydrogen (secondary N) is 4. The first-order valence-corrected chi connectivity index (χ1v) is 19.6. The molecule has 0 saturated carbocycles. The number of amides is 3. The van der Waals surface area contributed by atoms with E-state index in [1.54, 1.807) is 17.3 Å². The van der Waals surface area contributed by atoms with Gasteiger partial charge in [-0.05, 0) is 90.0 Å². The van der Waals surface area contributed by atoms with Crippen LogP contribution >= 0.6 is 7.60 Å². The zero-order chi connectivity index (χ0) is 40.6. The van der Waals surface area contributed by atoms with Gasteiger partial charge in [-0.1, -0.05) is 6.07 Å². The van der Waals surface area contributed by atoms with E-state index in [1.807, 2.05) is 0 Å². The fourth-order valence-electron chi connectivity index (χ4n) is 6.39. The summed E-state index contributed by atoms with van der Waals surface area (Å²) in [5.74, 6) is -1.35. The fourth-order valence-corrected chi connectivity index (χ4v) is 7.63. The third-order valence-corrected chi connectivity index (χ3v) is 10.8. The SMILES string of the molecule is CC(C)OC(=O)OCOP(=O)(OCOC(=O)OC(C)C)C(F)(F)c1ccc2[nH]c(C(=O)N[C@H]3CCCC4CC[C@@H](C(=O)NCCc5cn[nH]c5)N4C3=O)cc2c1. The average Bonchev–Trinajstić information content (AvgIpc) is 3.88. The zero-order valence-electron chi connectivity index (χ0n) is 31.2. The van der Waals surface area contributed by atoms with E-state index in [0.717, 1.165) is 17.7 Å². The normalized spacial score (nSPS) is 18.8. The van der Waals surface area contributed by atoms with Crippen LogP contribution in [0.3, 0.4) is 0 Å². The van der Waals surface area contributed by atoms with E-state index in [-0.39, 0.29) is 34.5 Å². The molecule has 1 unspecified atom stereocenters. The van der Waals surface area contributed by atoms with Gasteiger partial charge in [0.15, 0.2) is 0 Å². The maximum atomic E-state index is 16.1. The van der Waals surface area contributed by atoms with Crippen LogP contribution in [0, 0.1) is 0 Å². The maximum absolute atomic E-state index is 16.1. The molecule has 4 N–H and O–H groups in total. The first-order chi connectivity index (χ1) is 26.6. The molecule has 3 amide bonds. The van der Waals surface area contributed by atoms with Gasteiger partial charge in [0.2, 0.25) is 25.4 Å². The highest BCUT2D eigenvalue weighted by atomic mass is 31.2. The van der Waals surface area contributed by atoms with E-state index < -0.39 is 74.9 Å². The van der Waals surface area contributed by atoms with Gasteiger partial charge >= 0.3 is 25.6 Å². The van der Waals surface area contributed by atoms with Gasteiger partial charge < -0.3 is 39.5 Å². The lowest BCUT2D eigenvalue weighted by Crippen LogP contribution is -2.54. The lowest BCUT2D eigenvalue weighted by atomic mass is 10.1. The van der Waals surface area contributed by atoms with E-state index in [0.29, 0.717) is 45.1 Å². The van der Waals surface area contributed by atoms with Crippen LogP contribution in [0.4, 0.5) is 18.4 Å². The van der Waals surface area contributed by atoms with E-state index in [2.05, 4.69) is 35.3 Å². The topological polar surface area (TPSA) is 230 Å². The molecule has 56 heavy (non-hydrogen) atoms. The molecular formula is C35H45F2N6O12P. The van der Waals surface area contributed by atoms with E-state index in [4.69, 9.17) is 18.5 Å². The van der Waals surface area contributed by atoms with Gasteiger partial charge in [0.05, 0.1) is 18.4 Å². The number of carbonyl (C=O) groups is 5. The molecule has 18 nitrogen and oxygen atoms in total. The highest BCUT2D eigenvalue weighted by molar-refractivity contribution is 7.54. The number of aromatic amines is 2. The number of ether oxygens (including phenoxy) is 4. The molecule has 2 aliphatic rings. The van der Waals surface area contributed by atoms with Crippen molar-refractivity contribution in [1.29, 1.82) is 0 Å². The number of hydrogen-bond acceptors (Lipinski definition) is 13. The summed E-state index contributed by atoms with van der Waals surface area (Å²) in [7, 11) is -5.65. The summed E-state index contributed by atoms with van der Waals surface area (Å²) in [5.41, 5.74) is -4.22. The Morgan fingerprint density at radius 1 is 0.982 bits per heavy atom. The second-order valence-corrected chi connectivity index (χ2v) is 15.8. The molecule has 3 aromatic rings. The van der Waals surface area contributed by atoms with Crippen molar-refractivity contribution in [3.8, 4) is 0 Å². The molecule has 2 saturated heterocycles. The minimum absolute atomic E-state index is 0.0613. The summed E-state index contributed by atoms with van der Waals surface area (Å²) in [6.07, 6.45) is 2.89. The smallest absolute Gasteiger partial charge is 0.432 e. The van der Waals surface area contributed by atoms with Gasteiger partial charge in [-0.15, -0.1) is 0 Å². The van der Waals surface area contributed by atoms with Crippen molar-refractivity contribution in [3.05, 3.63) is 53.5 Å².